The van der Waals surface area contributed by atoms with Crippen LogP contribution in [0.3, 0.4) is 0 Å². The number of halogens is 2. The van der Waals surface area contributed by atoms with Gasteiger partial charge in [-0.05, 0) is 81.3 Å². The molecule has 3 fully saturated rings. The Morgan fingerprint density at radius 2 is 1.73 bits per heavy atom. The van der Waals surface area contributed by atoms with E-state index >= 15 is 8.78 Å². The topological polar surface area (TPSA) is 152 Å². The summed E-state index contributed by atoms with van der Waals surface area (Å²) in [5.41, 5.74) is 5.46. The van der Waals surface area contributed by atoms with E-state index in [0.717, 1.165) is 86.3 Å². The summed E-state index contributed by atoms with van der Waals surface area (Å²) in [6.07, 6.45) is 5.65. The van der Waals surface area contributed by atoms with Crippen molar-refractivity contribution in [3.63, 3.8) is 0 Å². The van der Waals surface area contributed by atoms with Gasteiger partial charge in [-0.1, -0.05) is 6.92 Å². The van der Waals surface area contributed by atoms with E-state index in [-0.39, 0.29) is 42.0 Å². The van der Waals surface area contributed by atoms with Crippen molar-refractivity contribution in [2.75, 3.05) is 48.3 Å². The highest BCUT2D eigenvalue weighted by Crippen LogP contribution is 2.35. The van der Waals surface area contributed by atoms with E-state index in [1.54, 1.807) is 23.0 Å². The van der Waals surface area contributed by atoms with Gasteiger partial charge in [0.15, 0.2) is 0 Å². The van der Waals surface area contributed by atoms with E-state index in [2.05, 4.69) is 54.5 Å². The van der Waals surface area contributed by atoms with Crippen molar-refractivity contribution in [1.82, 2.24) is 34.5 Å². The molecule has 14 nitrogen and oxygen atoms in total. The lowest BCUT2D eigenvalue weighted by Crippen LogP contribution is -2.60. The highest BCUT2D eigenvalue weighted by Gasteiger charge is 2.36. The van der Waals surface area contributed by atoms with Gasteiger partial charge in [0, 0.05) is 80.8 Å². The molecule has 2 bridgehead atoms. The molecule has 5 aromatic rings. The molecule has 3 amide bonds. The van der Waals surface area contributed by atoms with Gasteiger partial charge in [-0.15, -0.1) is 0 Å². The fourth-order valence-electron chi connectivity index (χ4n) is 9.02. The lowest BCUT2D eigenvalue weighted by atomic mass is 9.89. The number of anilines is 3. The molecule has 308 valence electrons. The molecule has 2 aromatic carbocycles. The molecular weight excluding hydrogens is 759 g/mol. The number of nitrogens with one attached hydrogen (secondary N) is 3. The Hall–Kier alpha value is -5.90. The van der Waals surface area contributed by atoms with E-state index in [1.807, 2.05) is 20.0 Å². The number of likely N-dealkylation sites (tertiary alicyclic amines) is 1. The standard InChI is InChI=1S/C43H48F2N10O4/c1-24-5-4-14-59-42-32(20-46-52(42)3)36-16-26(15-25(2)47-36)40(57)51-43-49-35-8-6-29(17-38(35)55(43)21-24)53-12-10-28(11-13-53)54-22-27(23-54)48-37-19-33(44)31(18-34(37)45)30-7-9-39(56)50-41(30)58/h6,8,15-20,24,27-28,30,48H,4-5,7,9-14,21-23H2,1-3H3,(H,49,51,57)(H,50,56,58)/t24-,30-/m1/s1. The zero-order valence-corrected chi connectivity index (χ0v) is 33.4. The SMILES string of the molecule is Cc1cc2cc(n1)-c1cnn(C)c1OCCC[C@@H](C)Cn1c(nc3ccc(N4CCC(N5CC(Nc6cc(F)c([C@H]7CCC(=O)NC7=O)cc6F)C5)CC4)cc31)NC2=O. The minimum absolute atomic E-state index is 0.0262. The van der Waals surface area contributed by atoms with Gasteiger partial charge in [-0.3, -0.25) is 34.9 Å². The Morgan fingerprint density at radius 3 is 2.53 bits per heavy atom. The molecule has 3 saturated heterocycles. The van der Waals surface area contributed by atoms with Crippen LogP contribution >= 0.6 is 0 Å². The van der Waals surface area contributed by atoms with E-state index in [4.69, 9.17) is 14.7 Å². The van der Waals surface area contributed by atoms with Crippen molar-refractivity contribution in [2.24, 2.45) is 13.0 Å². The first kappa shape index (κ1) is 38.6. The molecule has 0 unspecified atom stereocenters. The number of carbonyl (C=O) groups is 3. The number of aryl methyl sites for hydroxylation is 2. The maximum atomic E-state index is 15.1. The van der Waals surface area contributed by atoms with Crippen LogP contribution in [0.5, 0.6) is 5.88 Å². The van der Waals surface area contributed by atoms with Crippen LogP contribution < -0.4 is 25.6 Å². The smallest absolute Gasteiger partial charge is 0.258 e. The number of benzene rings is 2. The average Bonchev–Trinajstić information content (AvgIpc) is 3.73. The lowest BCUT2D eigenvalue weighted by molar-refractivity contribution is -0.134. The number of rotatable bonds is 5. The number of nitrogens with zero attached hydrogens (tertiary/aromatic N) is 7. The summed E-state index contributed by atoms with van der Waals surface area (Å²) in [6, 6.07) is 12.4. The summed E-state index contributed by atoms with van der Waals surface area (Å²) in [7, 11) is 1.84. The summed E-state index contributed by atoms with van der Waals surface area (Å²) in [6.45, 7) is 8.43. The van der Waals surface area contributed by atoms with Gasteiger partial charge in [0.1, 0.15) is 11.6 Å². The number of ether oxygens (including phenoxy) is 1. The predicted molar refractivity (Wildman–Crippen MR) is 218 cm³/mol. The summed E-state index contributed by atoms with van der Waals surface area (Å²) < 4.78 is 40.3. The molecule has 16 heteroatoms. The second-order valence-electron chi connectivity index (χ2n) is 16.5. The second-order valence-corrected chi connectivity index (χ2v) is 16.5. The molecule has 0 radical (unpaired) electrons. The van der Waals surface area contributed by atoms with E-state index in [1.165, 1.54) is 0 Å². The number of hydrogen-bond donors (Lipinski definition) is 3. The number of piperidine rings is 2. The van der Waals surface area contributed by atoms with E-state index < -0.39 is 29.4 Å². The van der Waals surface area contributed by atoms with Crippen molar-refractivity contribution in [3.8, 4) is 17.1 Å². The maximum absolute atomic E-state index is 15.1. The number of imide groups is 1. The minimum Gasteiger partial charge on any atom is -0.477 e. The zero-order valence-electron chi connectivity index (χ0n) is 33.4. The van der Waals surface area contributed by atoms with Crippen LogP contribution in [-0.4, -0.2) is 91.8 Å². The number of hydrogen-bond acceptors (Lipinski definition) is 10. The number of aromatic nitrogens is 5. The molecule has 3 N–H and O–H groups in total. The molecule has 3 aromatic heterocycles. The van der Waals surface area contributed by atoms with E-state index in [0.29, 0.717) is 48.0 Å². The number of fused-ring (bicyclic) bond motifs is 7. The third-order valence-electron chi connectivity index (χ3n) is 12.2. The van der Waals surface area contributed by atoms with Gasteiger partial charge >= 0.3 is 0 Å². The summed E-state index contributed by atoms with van der Waals surface area (Å²) in [5, 5.41) is 12.9. The molecule has 0 aliphatic carbocycles. The van der Waals surface area contributed by atoms with Crippen LogP contribution in [0, 0.1) is 24.5 Å². The number of amides is 3. The number of imidazole rings is 1. The van der Waals surface area contributed by atoms with Crippen molar-refractivity contribution in [2.45, 2.75) is 76.9 Å². The van der Waals surface area contributed by atoms with Gasteiger partial charge in [-0.2, -0.15) is 5.10 Å². The van der Waals surface area contributed by atoms with E-state index in [9.17, 15) is 14.4 Å². The third kappa shape index (κ3) is 7.73. The predicted octanol–water partition coefficient (Wildman–Crippen LogP) is 5.76. The average molecular weight is 807 g/mol. The second kappa shape index (κ2) is 15.7. The highest BCUT2D eigenvalue weighted by molar-refractivity contribution is 6.05. The molecule has 4 aliphatic rings. The maximum Gasteiger partial charge on any atom is 0.258 e. The van der Waals surface area contributed by atoms with Gasteiger partial charge in [0.2, 0.25) is 23.6 Å². The van der Waals surface area contributed by atoms with Gasteiger partial charge in [0.25, 0.3) is 5.91 Å². The Balaban J connectivity index is 0.860. The first-order chi connectivity index (χ1) is 28.5. The zero-order chi connectivity index (χ0) is 40.9. The monoisotopic (exact) mass is 806 g/mol. The Morgan fingerprint density at radius 1 is 0.915 bits per heavy atom. The van der Waals surface area contributed by atoms with Crippen LogP contribution in [0.25, 0.3) is 22.3 Å². The molecule has 2 atom stereocenters. The first-order valence-electron chi connectivity index (χ1n) is 20.5. The molecule has 7 heterocycles. The van der Waals surface area contributed by atoms with Crippen molar-refractivity contribution in [1.29, 1.82) is 0 Å². The molecule has 4 aliphatic heterocycles. The van der Waals surface area contributed by atoms with Crippen LogP contribution in [0.15, 0.2) is 48.7 Å². The Kier molecular flexibility index (Phi) is 10.3. The number of pyridine rings is 1. The fourth-order valence-corrected chi connectivity index (χ4v) is 9.02. The highest BCUT2D eigenvalue weighted by atomic mass is 19.1. The molecule has 59 heavy (non-hydrogen) atoms. The Labute approximate surface area is 340 Å². The normalized spacial score (nSPS) is 21.1. The minimum atomic E-state index is -0.886. The van der Waals surface area contributed by atoms with Crippen molar-refractivity contribution in [3.05, 3.63) is 77.1 Å². The van der Waals surface area contributed by atoms with Gasteiger partial charge in [-0.25, -0.2) is 18.4 Å². The quantitative estimate of drug-likeness (QED) is 0.187. The largest absolute Gasteiger partial charge is 0.477 e. The summed E-state index contributed by atoms with van der Waals surface area (Å²) in [5.74, 6) is -2.02. The third-order valence-corrected chi connectivity index (χ3v) is 12.2. The summed E-state index contributed by atoms with van der Waals surface area (Å²) in [4.78, 5) is 52.0. The molecular formula is C43H48F2N10O4. The van der Waals surface area contributed by atoms with Crippen LogP contribution in [0.1, 0.15) is 73.0 Å². The Bertz CT molecular complexity index is 2450. The molecule has 0 spiro atoms. The fraction of sp³-hybridized carbons (Fsp3) is 0.442. The lowest BCUT2D eigenvalue weighted by Gasteiger charge is -2.48. The molecule has 0 saturated carbocycles. The summed E-state index contributed by atoms with van der Waals surface area (Å²) >= 11 is 0. The van der Waals surface area contributed by atoms with Crippen LogP contribution in [-0.2, 0) is 23.2 Å². The van der Waals surface area contributed by atoms with Crippen LogP contribution in [0.4, 0.5) is 26.1 Å². The van der Waals surface area contributed by atoms with Crippen molar-refractivity contribution >= 4 is 46.1 Å². The van der Waals surface area contributed by atoms with Crippen molar-refractivity contribution < 1.29 is 27.9 Å². The first-order valence-corrected chi connectivity index (χ1v) is 20.5. The number of carbonyl (C=O) groups excluding carboxylic acids is 3. The van der Waals surface area contributed by atoms with Gasteiger partial charge < -0.3 is 19.5 Å². The molecule has 9 rings (SSSR count). The van der Waals surface area contributed by atoms with Gasteiger partial charge in [0.05, 0.1) is 52.7 Å². The van der Waals surface area contributed by atoms with Crippen LogP contribution in [0.2, 0.25) is 0 Å².